The lowest BCUT2D eigenvalue weighted by Gasteiger charge is -1.98. The summed E-state index contributed by atoms with van der Waals surface area (Å²) in [5.74, 6) is 10.3. The van der Waals surface area contributed by atoms with Gasteiger partial charge in [-0.1, -0.05) is 17.9 Å². The van der Waals surface area contributed by atoms with Crippen LogP contribution in [0.1, 0.15) is 12.0 Å². The van der Waals surface area contributed by atoms with Crippen molar-refractivity contribution < 1.29 is 4.79 Å². The number of carbonyl (C=O) groups excluding carboxylic acids is 1. The van der Waals surface area contributed by atoms with E-state index in [4.69, 9.17) is 11.6 Å². The van der Waals surface area contributed by atoms with Crippen LogP contribution in [0.15, 0.2) is 24.3 Å². The zero-order valence-electron chi connectivity index (χ0n) is 7.58. The Morgan fingerprint density at radius 3 is 2.93 bits per heavy atom. The van der Waals surface area contributed by atoms with Gasteiger partial charge < -0.3 is 11.2 Å². The van der Waals surface area contributed by atoms with Crippen molar-refractivity contribution >= 4 is 11.6 Å². The van der Waals surface area contributed by atoms with Gasteiger partial charge in [-0.25, -0.2) is 0 Å². The van der Waals surface area contributed by atoms with Crippen LogP contribution in [0.4, 0.5) is 5.69 Å². The molecule has 0 aromatic heterocycles. The maximum Gasteiger partial charge on any atom is 0.229 e. The molecule has 0 heterocycles. The Kier molecular flexibility index (Phi) is 3.53. The predicted octanol–water partition coefficient (Wildman–Crippen LogP) is 0.199. The van der Waals surface area contributed by atoms with E-state index in [0.29, 0.717) is 0 Å². The molecular formula is C10H11N3O. The van der Waals surface area contributed by atoms with Crippen LogP contribution >= 0.6 is 0 Å². The zero-order valence-corrected chi connectivity index (χ0v) is 7.58. The van der Waals surface area contributed by atoms with Crippen molar-refractivity contribution in [2.45, 2.75) is 6.42 Å². The van der Waals surface area contributed by atoms with Gasteiger partial charge in [0.15, 0.2) is 0 Å². The third-order valence-corrected chi connectivity index (χ3v) is 1.52. The van der Waals surface area contributed by atoms with Crippen LogP contribution < -0.4 is 17.0 Å². The highest BCUT2D eigenvalue weighted by molar-refractivity contribution is 5.76. The van der Waals surface area contributed by atoms with Gasteiger partial charge in [-0.05, 0) is 18.2 Å². The molecule has 0 aliphatic rings. The number of hydrazine groups is 1. The van der Waals surface area contributed by atoms with Crippen molar-refractivity contribution in [3.05, 3.63) is 29.8 Å². The molecule has 1 aromatic carbocycles. The van der Waals surface area contributed by atoms with Crippen LogP contribution in [0.3, 0.4) is 0 Å². The molecule has 0 saturated heterocycles. The van der Waals surface area contributed by atoms with Gasteiger partial charge in [0.1, 0.15) is 0 Å². The van der Waals surface area contributed by atoms with E-state index in [1.165, 1.54) is 0 Å². The molecule has 0 atom stereocenters. The van der Waals surface area contributed by atoms with Gasteiger partial charge in [0, 0.05) is 11.3 Å². The first-order valence-corrected chi connectivity index (χ1v) is 4.06. The molecule has 0 radical (unpaired) electrons. The standard InChI is InChI=1S/C10H11N3O/c11-10(14)6-2-4-8-3-1-5-9(7-8)13-12/h1,3,5,7,13H,6,12H2,(H2,11,14). The van der Waals surface area contributed by atoms with E-state index in [9.17, 15) is 4.79 Å². The fourth-order valence-electron chi connectivity index (χ4n) is 0.920. The molecule has 1 rings (SSSR count). The maximum atomic E-state index is 10.4. The molecule has 4 heteroatoms. The van der Waals surface area contributed by atoms with Gasteiger partial charge in [0.25, 0.3) is 0 Å². The molecule has 0 spiro atoms. The average molecular weight is 189 g/mol. The second-order valence-corrected chi connectivity index (χ2v) is 2.67. The molecule has 0 saturated carbocycles. The first-order chi connectivity index (χ1) is 6.72. The molecule has 0 unspecified atom stereocenters. The van der Waals surface area contributed by atoms with E-state index in [1.54, 1.807) is 6.07 Å². The molecule has 72 valence electrons. The Labute approximate surface area is 82.3 Å². The summed E-state index contributed by atoms with van der Waals surface area (Å²) in [6.07, 6.45) is 0.0697. The minimum Gasteiger partial charge on any atom is -0.369 e. The quantitative estimate of drug-likeness (QED) is 0.353. The van der Waals surface area contributed by atoms with E-state index in [1.807, 2.05) is 18.2 Å². The summed E-state index contributed by atoms with van der Waals surface area (Å²) in [6, 6.07) is 7.26. The molecule has 14 heavy (non-hydrogen) atoms. The monoisotopic (exact) mass is 189 g/mol. The summed E-state index contributed by atoms with van der Waals surface area (Å²) in [5, 5.41) is 0. The fraction of sp³-hybridized carbons (Fsp3) is 0.100. The third-order valence-electron chi connectivity index (χ3n) is 1.52. The summed E-state index contributed by atoms with van der Waals surface area (Å²) in [7, 11) is 0. The topological polar surface area (TPSA) is 81.1 Å². The molecule has 1 amide bonds. The Morgan fingerprint density at radius 1 is 1.50 bits per heavy atom. The van der Waals surface area contributed by atoms with Crippen molar-refractivity contribution in [2.24, 2.45) is 11.6 Å². The number of hydrogen-bond acceptors (Lipinski definition) is 3. The Bertz CT molecular complexity index is 390. The number of hydrogen-bond donors (Lipinski definition) is 3. The first-order valence-electron chi connectivity index (χ1n) is 4.06. The molecular weight excluding hydrogens is 178 g/mol. The number of anilines is 1. The number of rotatable bonds is 2. The van der Waals surface area contributed by atoms with Gasteiger partial charge in [0.2, 0.25) is 5.91 Å². The van der Waals surface area contributed by atoms with Gasteiger partial charge >= 0.3 is 0 Å². The van der Waals surface area contributed by atoms with Gasteiger partial charge in [-0.3, -0.25) is 10.6 Å². The second kappa shape index (κ2) is 4.90. The predicted molar refractivity (Wildman–Crippen MR) is 54.9 cm³/mol. The van der Waals surface area contributed by atoms with E-state index in [-0.39, 0.29) is 6.42 Å². The van der Waals surface area contributed by atoms with Gasteiger partial charge in [-0.2, -0.15) is 0 Å². The third kappa shape index (κ3) is 3.17. The lowest BCUT2D eigenvalue weighted by Crippen LogP contribution is -2.08. The van der Waals surface area contributed by atoms with Crippen LogP contribution in [0.25, 0.3) is 0 Å². The number of carbonyl (C=O) groups is 1. The molecule has 4 nitrogen and oxygen atoms in total. The minimum absolute atomic E-state index is 0.0697. The van der Waals surface area contributed by atoms with Crippen LogP contribution in [0.5, 0.6) is 0 Å². The number of nitrogens with two attached hydrogens (primary N) is 2. The smallest absolute Gasteiger partial charge is 0.229 e. The first kappa shape index (κ1) is 10.1. The Morgan fingerprint density at radius 2 is 2.29 bits per heavy atom. The van der Waals surface area contributed by atoms with Crippen molar-refractivity contribution in [3.63, 3.8) is 0 Å². The lowest BCUT2D eigenvalue weighted by molar-refractivity contribution is -0.117. The number of nitrogen functional groups attached to an aromatic ring is 1. The number of amides is 1. The molecule has 0 bridgehead atoms. The molecule has 1 aromatic rings. The Balaban J connectivity index is 2.74. The van der Waals surface area contributed by atoms with Gasteiger partial charge in [-0.15, -0.1) is 0 Å². The maximum absolute atomic E-state index is 10.4. The number of benzene rings is 1. The van der Waals surface area contributed by atoms with E-state index in [2.05, 4.69) is 17.3 Å². The van der Waals surface area contributed by atoms with Crippen molar-refractivity contribution in [1.29, 1.82) is 0 Å². The zero-order chi connectivity index (χ0) is 10.4. The van der Waals surface area contributed by atoms with Crippen LogP contribution in [0.2, 0.25) is 0 Å². The Hall–Kier alpha value is -1.99. The highest BCUT2D eigenvalue weighted by atomic mass is 16.1. The van der Waals surface area contributed by atoms with Crippen LogP contribution in [-0.4, -0.2) is 5.91 Å². The summed E-state index contributed by atoms with van der Waals surface area (Å²) >= 11 is 0. The normalized spacial score (nSPS) is 8.64. The molecule has 0 aliphatic heterocycles. The average Bonchev–Trinajstić information content (AvgIpc) is 2.18. The van der Waals surface area contributed by atoms with Crippen LogP contribution in [-0.2, 0) is 4.79 Å². The van der Waals surface area contributed by atoms with Crippen molar-refractivity contribution in [3.8, 4) is 11.8 Å². The summed E-state index contributed by atoms with van der Waals surface area (Å²) in [4.78, 5) is 10.4. The highest BCUT2D eigenvalue weighted by Gasteiger charge is 1.90. The largest absolute Gasteiger partial charge is 0.369 e. The number of nitrogens with one attached hydrogen (secondary N) is 1. The summed E-state index contributed by atoms with van der Waals surface area (Å²) < 4.78 is 0. The molecule has 0 aliphatic carbocycles. The van der Waals surface area contributed by atoms with E-state index in [0.717, 1.165) is 11.3 Å². The van der Waals surface area contributed by atoms with Crippen molar-refractivity contribution in [1.82, 2.24) is 0 Å². The van der Waals surface area contributed by atoms with E-state index < -0.39 is 5.91 Å². The van der Waals surface area contributed by atoms with Crippen molar-refractivity contribution in [2.75, 3.05) is 5.43 Å². The SMILES string of the molecule is NNc1cccc(C#CCC(N)=O)c1. The molecule has 5 N–H and O–H groups in total. The minimum atomic E-state index is -0.425. The highest BCUT2D eigenvalue weighted by Crippen LogP contribution is 2.07. The summed E-state index contributed by atoms with van der Waals surface area (Å²) in [6.45, 7) is 0. The fourth-order valence-corrected chi connectivity index (χ4v) is 0.920. The number of primary amides is 1. The van der Waals surface area contributed by atoms with Gasteiger partial charge in [0.05, 0.1) is 6.42 Å². The molecule has 0 fully saturated rings. The second-order valence-electron chi connectivity index (χ2n) is 2.67. The van der Waals surface area contributed by atoms with Crippen LogP contribution in [0, 0.1) is 11.8 Å². The van der Waals surface area contributed by atoms with E-state index >= 15 is 0 Å². The lowest BCUT2D eigenvalue weighted by atomic mass is 10.2. The summed E-state index contributed by atoms with van der Waals surface area (Å²) in [5.41, 5.74) is 9.01.